The second-order valence-electron chi connectivity index (χ2n) is 8.81. The van der Waals surface area contributed by atoms with E-state index in [-0.39, 0.29) is 11.9 Å². The van der Waals surface area contributed by atoms with Gasteiger partial charge in [0.15, 0.2) is 0 Å². The van der Waals surface area contributed by atoms with E-state index < -0.39 is 0 Å². The summed E-state index contributed by atoms with van der Waals surface area (Å²) in [5.41, 5.74) is 4.48. The lowest BCUT2D eigenvalue weighted by atomic mass is 9.75. The summed E-state index contributed by atoms with van der Waals surface area (Å²) in [6.45, 7) is 1.75. The predicted molar refractivity (Wildman–Crippen MR) is 122 cm³/mol. The molecule has 1 saturated heterocycles. The highest BCUT2D eigenvalue weighted by Crippen LogP contribution is 2.51. The molecule has 6 rings (SSSR count). The van der Waals surface area contributed by atoms with E-state index in [1.54, 1.807) is 0 Å². The van der Waals surface area contributed by atoms with E-state index in [0.29, 0.717) is 11.8 Å². The summed E-state index contributed by atoms with van der Waals surface area (Å²) in [6.07, 6.45) is 7.96. The van der Waals surface area contributed by atoms with E-state index in [1.807, 2.05) is 11.0 Å². The molecule has 1 N–H and O–H groups in total. The van der Waals surface area contributed by atoms with Crippen LogP contribution in [-0.4, -0.2) is 23.9 Å². The number of allylic oxidation sites excluding steroid dienone is 2. The number of nitrogens with zero attached hydrogens (tertiary/aromatic N) is 1. The molecule has 0 spiro atoms. The van der Waals surface area contributed by atoms with Crippen molar-refractivity contribution in [3.05, 3.63) is 89.5 Å². The summed E-state index contributed by atoms with van der Waals surface area (Å²) in [4.78, 5) is 15.3. The topological polar surface area (TPSA) is 32.3 Å². The highest BCUT2D eigenvalue weighted by Gasteiger charge is 2.40. The Morgan fingerprint density at radius 2 is 1.67 bits per heavy atom. The van der Waals surface area contributed by atoms with Crippen molar-refractivity contribution in [2.75, 3.05) is 18.4 Å². The number of hydrogen-bond donors (Lipinski definition) is 1. The number of anilines is 1. The quantitative estimate of drug-likeness (QED) is 0.549. The molecule has 1 aliphatic carbocycles. The second kappa shape index (κ2) is 7.02. The molecule has 0 bridgehead atoms. The molecule has 3 aliphatic rings. The van der Waals surface area contributed by atoms with Crippen molar-refractivity contribution >= 4 is 22.4 Å². The summed E-state index contributed by atoms with van der Waals surface area (Å²) < 4.78 is 0. The van der Waals surface area contributed by atoms with Gasteiger partial charge in [0.25, 0.3) is 5.91 Å². The van der Waals surface area contributed by atoms with Crippen LogP contribution in [0.3, 0.4) is 0 Å². The number of fused-ring (bicyclic) bond motifs is 4. The summed E-state index contributed by atoms with van der Waals surface area (Å²) in [7, 11) is 0. The van der Waals surface area contributed by atoms with Crippen LogP contribution in [0.25, 0.3) is 10.8 Å². The Balaban J connectivity index is 1.48. The number of para-hydroxylation sites is 1. The van der Waals surface area contributed by atoms with Crippen LogP contribution in [0, 0.1) is 5.92 Å². The number of carbonyl (C=O) groups is 1. The standard InChI is InChI=1S/C27H26N2O/c30-27(29-16-3-4-17-29)24-15-7-14-23-20-11-6-13-22(20)25(28-26(23)24)21-12-5-9-18-8-1-2-10-19(18)21/h1-2,5-12,14-15,20,22,25,28H,3-4,13,16-17H2. The van der Waals surface area contributed by atoms with Crippen LogP contribution >= 0.6 is 0 Å². The van der Waals surface area contributed by atoms with Gasteiger partial charge in [-0.05, 0) is 53.1 Å². The summed E-state index contributed by atoms with van der Waals surface area (Å²) >= 11 is 0. The summed E-state index contributed by atoms with van der Waals surface area (Å²) in [6, 6.07) is 21.7. The molecule has 3 heteroatoms. The highest BCUT2D eigenvalue weighted by atomic mass is 16.2. The van der Waals surface area contributed by atoms with Crippen LogP contribution in [0.1, 0.15) is 52.7 Å². The van der Waals surface area contributed by atoms with Crippen LogP contribution in [0.2, 0.25) is 0 Å². The first-order valence-corrected chi connectivity index (χ1v) is 11.1. The number of carbonyl (C=O) groups excluding carboxylic acids is 1. The monoisotopic (exact) mass is 394 g/mol. The maximum atomic E-state index is 13.3. The Morgan fingerprint density at radius 1 is 0.900 bits per heavy atom. The van der Waals surface area contributed by atoms with Crippen LogP contribution in [0.5, 0.6) is 0 Å². The normalized spacial score (nSPS) is 24.5. The van der Waals surface area contributed by atoms with Crippen LogP contribution in [0.15, 0.2) is 72.8 Å². The van der Waals surface area contributed by atoms with E-state index in [2.05, 4.69) is 72.1 Å². The third-order valence-electron chi connectivity index (χ3n) is 7.18. The van der Waals surface area contributed by atoms with Crippen molar-refractivity contribution in [1.29, 1.82) is 0 Å². The average molecular weight is 395 g/mol. The molecule has 150 valence electrons. The first kappa shape index (κ1) is 17.8. The van der Waals surface area contributed by atoms with Gasteiger partial charge in [0.1, 0.15) is 0 Å². The van der Waals surface area contributed by atoms with E-state index in [4.69, 9.17) is 0 Å². The SMILES string of the molecule is O=C(c1cccc2c1NC(c1cccc3ccccc13)C1CC=CC21)N1CCCC1. The molecule has 30 heavy (non-hydrogen) atoms. The molecule has 0 radical (unpaired) electrons. The number of amides is 1. The average Bonchev–Trinajstić information content (AvgIpc) is 3.50. The lowest BCUT2D eigenvalue weighted by Gasteiger charge is -2.39. The Bertz CT molecular complexity index is 1150. The molecule has 3 atom stereocenters. The minimum Gasteiger partial charge on any atom is -0.377 e. The van der Waals surface area contributed by atoms with Crippen LogP contribution < -0.4 is 5.32 Å². The zero-order chi connectivity index (χ0) is 20.1. The lowest BCUT2D eigenvalue weighted by Crippen LogP contribution is -2.33. The third kappa shape index (κ3) is 2.68. The van der Waals surface area contributed by atoms with Gasteiger partial charge in [0.05, 0.1) is 17.3 Å². The van der Waals surface area contributed by atoms with Gasteiger partial charge in [0, 0.05) is 19.0 Å². The molecule has 3 aromatic carbocycles. The fourth-order valence-corrected chi connectivity index (χ4v) is 5.72. The lowest BCUT2D eigenvalue weighted by molar-refractivity contribution is 0.0793. The minimum atomic E-state index is 0.175. The van der Waals surface area contributed by atoms with E-state index in [1.165, 1.54) is 21.9 Å². The Labute approximate surface area is 177 Å². The highest BCUT2D eigenvalue weighted by molar-refractivity contribution is 6.01. The van der Waals surface area contributed by atoms with Gasteiger partial charge in [-0.1, -0.05) is 66.7 Å². The summed E-state index contributed by atoms with van der Waals surface area (Å²) in [5, 5.41) is 6.43. The molecule has 3 unspecified atom stereocenters. The molecule has 1 amide bonds. The molecule has 0 saturated carbocycles. The molecular weight excluding hydrogens is 368 g/mol. The van der Waals surface area contributed by atoms with Crippen molar-refractivity contribution in [2.24, 2.45) is 5.92 Å². The zero-order valence-electron chi connectivity index (χ0n) is 17.1. The van der Waals surface area contributed by atoms with Crippen LogP contribution in [-0.2, 0) is 0 Å². The zero-order valence-corrected chi connectivity index (χ0v) is 17.1. The molecule has 2 aliphatic heterocycles. The fourth-order valence-electron chi connectivity index (χ4n) is 5.72. The Kier molecular flexibility index (Phi) is 4.15. The van der Waals surface area contributed by atoms with Crippen molar-refractivity contribution in [2.45, 2.75) is 31.2 Å². The first-order valence-electron chi connectivity index (χ1n) is 11.1. The maximum Gasteiger partial charge on any atom is 0.255 e. The van der Waals surface area contributed by atoms with Gasteiger partial charge in [-0.3, -0.25) is 4.79 Å². The fraction of sp³-hybridized carbons (Fsp3) is 0.296. The van der Waals surface area contributed by atoms with Gasteiger partial charge in [-0.15, -0.1) is 0 Å². The van der Waals surface area contributed by atoms with Crippen molar-refractivity contribution in [1.82, 2.24) is 4.90 Å². The first-order chi connectivity index (χ1) is 14.8. The summed E-state index contributed by atoms with van der Waals surface area (Å²) in [5.74, 6) is 1.01. The van der Waals surface area contributed by atoms with Gasteiger partial charge in [-0.2, -0.15) is 0 Å². The maximum absolute atomic E-state index is 13.3. The van der Waals surface area contributed by atoms with Gasteiger partial charge in [-0.25, -0.2) is 0 Å². The molecule has 0 aromatic heterocycles. The van der Waals surface area contributed by atoms with E-state index >= 15 is 0 Å². The minimum absolute atomic E-state index is 0.175. The van der Waals surface area contributed by atoms with Crippen molar-refractivity contribution < 1.29 is 4.79 Å². The predicted octanol–water partition coefficient (Wildman–Crippen LogP) is 5.90. The third-order valence-corrected chi connectivity index (χ3v) is 7.18. The molecule has 3 nitrogen and oxygen atoms in total. The van der Waals surface area contributed by atoms with Gasteiger partial charge >= 0.3 is 0 Å². The van der Waals surface area contributed by atoms with Gasteiger partial charge < -0.3 is 10.2 Å². The van der Waals surface area contributed by atoms with E-state index in [0.717, 1.165) is 43.6 Å². The smallest absolute Gasteiger partial charge is 0.255 e. The van der Waals surface area contributed by atoms with Crippen molar-refractivity contribution in [3.8, 4) is 0 Å². The largest absolute Gasteiger partial charge is 0.377 e. The molecule has 2 heterocycles. The Hall–Kier alpha value is -3.07. The number of nitrogens with one attached hydrogen (secondary N) is 1. The Morgan fingerprint density at radius 3 is 2.57 bits per heavy atom. The van der Waals surface area contributed by atoms with Gasteiger partial charge in [0.2, 0.25) is 0 Å². The molecular formula is C27H26N2O. The molecule has 1 fully saturated rings. The molecule has 3 aromatic rings. The number of hydrogen-bond acceptors (Lipinski definition) is 2. The second-order valence-corrected chi connectivity index (χ2v) is 8.81. The number of likely N-dealkylation sites (tertiary alicyclic amines) is 1. The number of rotatable bonds is 2. The number of benzene rings is 3. The van der Waals surface area contributed by atoms with Crippen molar-refractivity contribution in [3.63, 3.8) is 0 Å². The van der Waals surface area contributed by atoms with E-state index in [9.17, 15) is 4.79 Å². The van der Waals surface area contributed by atoms with Crippen LogP contribution in [0.4, 0.5) is 5.69 Å².